The van der Waals surface area contributed by atoms with Crippen LogP contribution in [0.25, 0.3) is 16.9 Å². The number of benzene rings is 3. The first-order valence-corrected chi connectivity index (χ1v) is 11.1. The molecule has 1 aliphatic rings. The van der Waals surface area contributed by atoms with Crippen molar-refractivity contribution < 1.29 is 9.53 Å². The number of hydrogen-bond acceptors (Lipinski definition) is 4. The van der Waals surface area contributed by atoms with Gasteiger partial charge in [0.05, 0.1) is 18.4 Å². The summed E-state index contributed by atoms with van der Waals surface area (Å²) in [5.41, 5.74) is 4.22. The van der Waals surface area contributed by atoms with Gasteiger partial charge < -0.3 is 14.5 Å². The van der Waals surface area contributed by atoms with Gasteiger partial charge in [0.1, 0.15) is 11.4 Å². The number of hydrogen-bond donors (Lipinski definition) is 0. The van der Waals surface area contributed by atoms with E-state index in [0.29, 0.717) is 24.3 Å². The van der Waals surface area contributed by atoms with Crippen molar-refractivity contribution in [3.8, 4) is 22.7 Å². The summed E-state index contributed by atoms with van der Waals surface area (Å²) < 4.78 is 7.18. The number of carbonyl (C=O) groups is 1. The van der Waals surface area contributed by atoms with Crippen LogP contribution >= 0.6 is 0 Å². The molecule has 1 aromatic heterocycles. The molecular formula is C27H26N4O2. The third kappa shape index (κ3) is 4.32. The summed E-state index contributed by atoms with van der Waals surface area (Å²) in [6.07, 6.45) is 1.84. The van der Waals surface area contributed by atoms with Crippen molar-refractivity contribution in [1.29, 1.82) is 0 Å². The van der Waals surface area contributed by atoms with Crippen molar-refractivity contribution in [3.63, 3.8) is 0 Å². The molecule has 0 spiro atoms. The predicted molar refractivity (Wildman–Crippen MR) is 130 cm³/mol. The Morgan fingerprint density at radius 1 is 0.818 bits per heavy atom. The molecule has 0 unspecified atom stereocenters. The molecule has 0 aliphatic carbocycles. The Bertz CT molecular complexity index is 1230. The third-order valence-corrected chi connectivity index (χ3v) is 6.00. The van der Waals surface area contributed by atoms with E-state index in [4.69, 9.17) is 9.84 Å². The highest BCUT2D eigenvalue weighted by Gasteiger charge is 2.27. The predicted octanol–water partition coefficient (Wildman–Crippen LogP) is 4.51. The standard InChI is InChI=1S/C27H26N4O2/c1-33-24-14-8-9-21(19-24)26-25(20-31(28-26)23-12-6-3-7-13-23)27(32)30-17-15-29(16-18-30)22-10-4-2-5-11-22/h2-14,19-20H,15-18H2,1H3. The first-order valence-electron chi connectivity index (χ1n) is 11.1. The Balaban J connectivity index is 1.45. The summed E-state index contributed by atoms with van der Waals surface area (Å²) in [5.74, 6) is 0.736. The van der Waals surface area contributed by atoms with Gasteiger partial charge in [0.2, 0.25) is 0 Å². The zero-order chi connectivity index (χ0) is 22.6. The second-order valence-electron chi connectivity index (χ2n) is 8.02. The van der Waals surface area contributed by atoms with Gasteiger partial charge in [0, 0.05) is 43.6 Å². The second-order valence-corrected chi connectivity index (χ2v) is 8.02. The molecule has 1 saturated heterocycles. The maximum atomic E-state index is 13.7. The van der Waals surface area contributed by atoms with Gasteiger partial charge in [-0.1, -0.05) is 48.5 Å². The number of piperazine rings is 1. The summed E-state index contributed by atoms with van der Waals surface area (Å²) in [7, 11) is 1.64. The SMILES string of the molecule is COc1cccc(-c2nn(-c3ccccc3)cc2C(=O)N2CCN(c3ccccc3)CC2)c1. The Kier molecular flexibility index (Phi) is 5.81. The minimum atomic E-state index is 0.00251. The molecule has 6 heteroatoms. The first kappa shape index (κ1) is 20.8. The molecule has 0 N–H and O–H groups in total. The smallest absolute Gasteiger partial charge is 0.257 e. The van der Waals surface area contributed by atoms with E-state index in [1.165, 1.54) is 5.69 Å². The third-order valence-electron chi connectivity index (χ3n) is 6.00. The van der Waals surface area contributed by atoms with E-state index in [1.54, 1.807) is 11.8 Å². The average Bonchev–Trinajstić information content (AvgIpc) is 3.35. The van der Waals surface area contributed by atoms with Crippen molar-refractivity contribution in [2.75, 3.05) is 38.2 Å². The molecule has 0 atom stereocenters. The van der Waals surface area contributed by atoms with E-state index >= 15 is 0 Å². The quantitative estimate of drug-likeness (QED) is 0.460. The molecule has 4 aromatic rings. The molecular weight excluding hydrogens is 412 g/mol. The number of anilines is 1. The van der Waals surface area contributed by atoms with Crippen LogP contribution in [0.5, 0.6) is 5.75 Å². The molecule has 5 rings (SSSR count). The van der Waals surface area contributed by atoms with Crippen LogP contribution in [-0.4, -0.2) is 53.9 Å². The minimum Gasteiger partial charge on any atom is -0.497 e. The fourth-order valence-corrected chi connectivity index (χ4v) is 4.20. The maximum Gasteiger partial charge on any atom is 0.257 e. The lowest BCUT2D eigenvalue weighted by Crippen LogP contribution is -2.48. The molecule has 0 saturated carbocycles. The fraction of sp³-hybridized carbons (Fsp3) is 0.185. The van der Waals surface area contributed by atoms with Crippen molar-refractivity contribution in [2.24, 2.45) is 0 Å². The van der Waals surface area contributed by atoms with Crippen LogP contribution < -0.4 is 9.64 Å². The lowest BCUT2D eigenvalue weighted by atomic mass is 10.1. The van der Waals surface area contributed by atoms with Crippen LogP contribution in [0, 0.1) is 0 Å². The maximum absolute atomic E-state index is 13.7. The van der Waals surface area contributed by atoms with Crippen molar-refractivity contribution in [1.82, 2.24) is 14.7 Å². The molecule has 1 amide bonds. The molecule has 0 bridgehead atoms. The summed E-state index contributed by atoms with van der Waals surface area (Å²) >= 11 is 0. The van der Waals surface area contributed by atoms with Crippen LogP contribution in [0.3, 0.4) is 0 Å². The van der Waals surface area contributed by atoms with E-state index in [9.17, 15) is 4.79 Å². The molecule has 1 fully saturated rings. The number of amides is 1. The highest BCUT2D eigenvalue weighted by Crippen LogP contribution is 2.28. The van der Waals surface area contributed by atoms with E-state index in [2.05, 4.69) is 17.0 Å². The number of aromatic nitrogens is 2. The minimum absolute atomic E-state index is 0.00251. The summed E-state index contributed by atoms with van der Waals surface area (Å²) in [6, 6.07) is 27.9. The summed E-state index contributed by atoms with van der Waals surface area (Å²) in [4.78, 5) is 17.9. The normalized spacial score (nSPS) is 13.7. The Hall–Kier alpha value is -4.06. The van der Waals surface area contributed by atoms with Gasteiger partial charge in [-0.25, -0.2) is 4.68 Å². The van der Waals surface area contributed by atoms with Crippen LogP contribution in [0.2, 0.25) is 0 Å². The van der Waals surface area contributed by atoms with Crippen LogP contribution in [-0.2, 0) is 0 Å². The Labute approximate surface area is 193 Å². The number of ether oxygens (including phenoxy) is 1. The van der Waals surface area contributed by atoms with Crippen LogP contribution in [0.15, 0.2) is 91.1 Å². The largest absolute Gasteiger partial charge is 0.497 e. The average molecular weight is 439 g/mol. The number of rotatable bonds is 5. The molecule has 33 heavy (non-hydrogen) atoms. The van der Waals surface area contributed by atoms with E-state index in [1.807, 2.05) is 83.9 Å². The number of nitrogens with zero attached hydrogens (tertiary/aromatic N) is 4. The lowest BCUT2D eigenvalue weighted by Gasteiger charge is -2.36. The first-order chi connectivity index (χ1) is 16.2. The summed E-state index contributed by atoms with van der Waals surface area (Å²) in [6.45, 7) is 2.94. The highest BCUT2D eigenvalue weighted by atomic mass is 16.5. The van der Waals surface area contributed by atoms with Crippen LogP contribution in [0.4, 0.5) is 5.69 Å². The molecule has 1 aliphatic heterocycles. The number of methoxy groups -OCH3 is 1. The van der Waals surface area contributed by atoms with Gasteiger partial charge in [-0.05, 0) is 36.4 Å². The number of carbonyl (C=O) groups excluding carboxylic acids is 1. The molecule has 0 radical (unpaired) electrons. The lowest BCUT2D eigenvalue weighted by molar-refractivity contribution is 0.0747. The van der Waals surface area contributed by atoms with Gasteiger partial charge in [-0.15, -0.1) is 0 Å². The van der Waals surface area contributed by atoms with E-state index in [0.717, 1.165) is 30.1 Å². The zero-order valence-electron chi connectivity index (χ0n) is 18.6. The van der Waals surface area contributed by atoms with Crippen LogP contribution in [0.1, 0.15) is 10.4 Å². The molecule has 166 valence electrons. The monoisotopic (exact) mass is 438 g/mol. The molecule has 3 aromatic carbocycles. The topological polar surface area (TPSA) is 50.6 Å². The van der Waals surface area contributed by atoms with Gasteiger partial charge in [0.15, 0.2) is 0 Å². The van der Waals surface area contributed by atoms with Gasteiger partial charge in [0.25, 0.3) is 5.91 Å². The summed E-state index contributed by atoms with van der Waals surface area (Å²) in [5, 5.41) is 4.81. The molecule has 6 nitrogen and oxygen atoms in total. The van der Waals surface area contributed by atoms with Gasteiger partial charge >= 0.3 is 0 Å². The highest BCUT2D eigenvalue weighted by molar-refractivity contribution is 6.00. The fourth-order valence-electron chi connectivity index (χ4n) is 4.20. The van der Waals surface area contributed by atoms with E-state index < -0.39 is 0 Å². The van der Waals surface area contributed by atoms with Crippen molar-refractivity contribution in [3.05, 3.63) is 96.7 Å². The zero-order valence-corrected chi connectivity index (χ0v) is 18.6. The van der Waals surface area contributed by atoms with Crippen molar-refractivity contribution >= 4 is 11.6 Å². The van der Waals surface area contributed by atoms with Gasteiger partial charge in [-0.2, -0.15) is 5.10 Å². The van der Waals surface area contributed by atoms with Crippen molar-refractivity contribution in [2.45, 2.75) is 0 Å². The van der Waals surface area contributed by atoms with E-state index in [-0.39, 0.29) is 5.91 Å². The van der Waals surface area contributed by atoms with Gasteiger partial charge in [-0.3, -0.25) is 4.79 Å². The Morgan fingerprint density at radius 3 is 2.15 bits per heavy atom. The Morgan fingerprint density at radius 2 is 1.48 bits per heavy atom. The second kappa shape index (κ2) is 9.20. The number of para-hydroxylation sites is 2. The molecule has 2 heterocycles.